The molecule has 0 aliphatic carbocycles. The van der Waals surface area contributed by atoms with Crippen LogP contribution in [-0.4, -0.2) is 40.1 Å². The Morgan fingerprint density at radius 1 is 1.00 bits per heavy atom. The van der Waals surface area contributed by atoms with Crippen molar-refractivity contribution in [1.29, 1.82) is 0 Å². The lowest BCUT2D eigenvalue weighted by Crippen LogP contribution is -2.62. The summed E-state index contributed by atoms with van der Waals surface area (Å²) in [7, 11) is 0. The molecule has 0 saturated carbocycles. The van der Waals surface area contributed by atoms with Crippen molar-refractivity contribution in [3.8, 4) is 0 Å². The highest BCUT2D eigenvalue weighted by atomic mass is 16.6. The molecule has 6 nitrogen and oxygen atoms in total. The first-order valence-electron chi connectivity index (χ1n) is 8.47. The molecule has 1 N–H and O–H groups in total. The fourth-order valence-corrected chi connectivity index (χ4v) is 3.41. The molecule has 1 heterocycles. The van der Waals surface area contributed by atoms with Gasteiger partial charge in [-0.2, -0.15) is 4.79 Å². The van der Waals surface area contributed by atoms with Crippen LogP contribution in [0, 0.1) is 0 Å². The molecule has 0 bridgehead atoms. The minimum Gasteiger partial charge on any atom is -0.477 e. The number of nitrogens with zero attached hydrogens (tertiary/aromatic N) is 1. The topological polar surface area (TPSA) is 80.7 Å². The zero-order valence-corrected chi connectivity index (χ0v) is 14.2. The van der Waals surface area contributed by atoms with Crippen LogP contribution >= 0.6 is 0 Å². The molecular weight excluding hydrogens is 334 g/mol. The smallest absolute Gasteiger partial charge is 0.477 e. The van der Waals surface area contributed by atoms with Gasteiger partial charge in [-0.05, 0) is 17.7 Å². The zero-order chi connectivity index (χ0) is 18.6. The molecule has 134 valence electrons. The highest BCUT2D eigenvalue weighted by molar-refractivity contribution is 5.97. The molecule has 26 heavy (non-hydrogen) atoms. The molecule has 1 saturated heterocycles. The molecule has 6 heteroatoms. The third kappa shape index (κ3) is 3.23. The second-order valence-electron chi connectivity index (χ2n) is 6.30. The molecule has 3 rings (SSSR count). The lowest BCUT2D eigenvalue weighted by atomic mass is 10.1. The van der Waals surface area contributed by atoms with Crippen LogP contribution in [0.5, 0.6) is 0 Å². The van der Waals surface area contributed by atoms with Crippen LogP contribution < -0.4 is 0 Å². The second-order valence-corrected chi connectivity index (χ2v) is 6.30. The number of hydrogen-bond acceptors (Lipinski definition) is 4. The van der Waals surface area contributed by atoms with Gasteiger partial charge < -0.3 is 9.84 Å². The van der Waals surface area contributed by atoms with Crippen molar-refractivity contribution < 1.29 is 28.7 Å². The number of carbonyl (C=O) groups excluding carboxylic acids is 2. The normalized spacial score (nSPS) is 21.9. The fourth-order valence-electron chi connectivity index (χ4n) is 3.41. The average molecular weight is 354 g/mol. The van der Waals surface area contributed by atoms with E-state index in [9.17, 15) is 19.5 Å². The quantitative estimate of drug-likeness (QED) is 0.853. The van der Waals surface area contributed by atoms with E-state index in [2.05, 4.69) is 0 Å². The second kappa shape index (κ2) is 7.49. The summed E-state index contributed by atoms with van der Waals surface area (Å²) in [6, 6.07) is 16.3. The van der Waals surface area contributed by atoms with Crippen molar-refractivity contribution in [2.75, 3.05) is 6.54 Å². The van der Waals surface area contributed by atoms with E-state index in [1.54, 1.807) is 42.5 Å². The molecular formula is C20H20NO5+. The molecule has 0 radical (unpaired) electrons. The summed E-state index contributed by atoms with van der Waals surface area (Å²) >= 11 is 0. The van der Waals surface area contributed by atoms with E-state index in [-0.39, 0.29) is 19.6 Å². The van der Waals surface area contributed by atoms with Crippen molar-refractivity contribution in [2.45, 2.75) is 25.5 Å². The number of ether oxygens (including phenoxy) is 1. The lowest BCUT2D eigenvalue weighted by molar-refractivity contribution is -0.780. The van der Waals surface area contributed by atoms with Gasteiger partial charge in [-0.25, -0.2) is 9.59 Å². The number of aliphatic carboxylic acids is 1. The van der Waals surface area contributed by atoms with Gasteiger partial charge in [-0.1, -0.05) is 48.5 Å². The minimum atomic E-state index is -1.16. The monoisotopic (exact) mass is 354 g/mol. The van der Waals surface area contributed by atoms with E-state index >= 15 is 0 Å². The first-order valence-corrected chi connectivity index (χ1v) is 8.47. The molecule has 0 aromatic heterocycles. The first kappa shape index (κ1) is 17.8. The number of imide groups is 1. The van der Waals surface area contributed by atoms with Crippen LogP contribution in [0.25, 0.3) is 0 Å². The standard InChI is InChI=1S/C20H19NO5/c22-18(16-10-5-2-6-11-16)21(13-7-12-17(21)19(23)24)20(25)26-14-15-8-3-1-4-9-15/h1-6,8-11,17H,7,12-14H2/p+1/t17-,21?/m0/s1. The summed E-state index contributed by atoms with van der Waals surface area (Å²) in [4.78, 5) is 37.8. The maximum Gasteiger partial charge on any atom is 0.524 e. The van der Waals surface area contributed by atoms with Crippen molar-refractivity contribution >= 4 is 18.0 Å². The summed E-state index contributed by atoms with van der Waals surface area (Å²) in [5.74, 6) is -1.70. The van der Waals surface area contributed by atoms with Crippen molar-refractivity contribution in [2.24, 2.45) is 0 Å². The van der Waals surface area contributed by atoms with E-state index in [0.717, 1.165) is 5.56 Å². The predicted octanol–water partition coefficient (Wildman–Crippen LogP) is 3.23. The number of hydrogen-bond donors (Lipinski definition) is 1. The van der Waals surface area contributed by atoms with Gasteiger partial charge in [-0.3, -0.25) is 0 Å². The molecule has 1 aliphatic heterocycles. The first-order chi connectivity index (χ1) is 12.6. The number of carboxylic acid groups (broad SMARTS) is 1. The molecule has 2 atom stereocenters. The molecule has 0 spiro atoms. The molecule has 1 unspecified atom stereocenters. The Bertz CT molecular complexity index is 805. The third-order valence-corrected chi connectivity index (χ3v) is 4.72. The Balaban J connectivity index is 1.92. The van der Waals surface area contributed by atoms with Crippen LogP contribution in [0.15, 0.2) is 60.7 Å². The summed E-state index contributed by atoms with van der Waals surface area (Å²) in [5.41, 5.74) is 1.08. The Labute approximate surface area is 151 Å². The molecule has 2 amide bonds. The number of quaternary nitrogens is 1. The van der Waals surface area contributed by atoms with Gasteiger partial charge in [0.1, 0.15) is 6.61 Å². The molecule has 1 aliphatic rings. The highest BCUT2D eigenvalue weighted by Crippen LogP contribution is 2.32. The number of carboxylic acids is 1. The Kier molecular flexibility index (Phi) is 5.14. The van der Waals surface area contributed by atoms with Gasteiger partial charge in [0.25, 0.3) is 0 Å². The van der Waals surface area contributed by atoms with Crippen molar-refractivity contribution in [1.82, 2.24) is 0 Å². The lowest BCUT2D eigenvalue weighted by Gasteiger charge is -2.31. The zero-order valence-electron chi connectivity index (χ0n) is 14.2. The maximum atomic E-state index is 13.1. The average Bonchev–Trinajstić information content (AvgIpc) is 3.13. The Hall–Kier alpha value is -2.99. The summed E-state index contributed by atoms with van der Waals surface area (Å²) in [5, 5.41) is 9.60. The number of rotatable bonds is 4. The molecule has 1 fully saturated rings. The van der Waals surface area contributed by atoms with Gasteiger partial charge in [0, 0.05) is 12.8 Å². The summed E-state index contributed by atoms with van der Waals surface area (Å²) in [6.45, 7) is 0.117. The van der Waals surface area contributed by atoms with Gasteiger partial charge in [0.2, 0.25) is 6.04 Å². The van der Waals surface area contributed by atoms with Gasteiger partial charge in [0.05, 0.1) is 12.1 Å². The van der Waals surface area contributed by atoms with Gasteiger partial charge >= 0.3 is 18.0 Å². The van der Waals surface area contributed by atoms with E-state index in [0.29, 0.717) is 12.0 Å². The fraction of sp³-hybridized carbons (Fsp3) is 0.250. The van der Waals surface area contributed by atoms with Gasteiger partial charge in [-0.15, -0.1) is 4.48 Å². The molecule has 2 aromatic carbocycles. The summed E-state index contributed by atoms with van der Waals surface area (Å²) < 4.78 is 4.56. The van der Waals surface area contributed by atoms with Crippen LogP contribution in [0.3, 0.4) is 0 Å². The van der Waals surface area contributed by atoms with Crippen LogP contribution in [0.1, 0.15) is 28.8 Å². The Morgan fingerprint density at radius 2 is 1.62 bits per heavy atom. The van der Waals surface area contributed by atoms with Gasteiger partial charge in [0.15, 0.2) is 0 Å². The minimum absolute atomic E-state index is 0.00587. The van der Waals surface area contributed by atoms with E-state index in [1.165, 1.54) is 0 Å². The highest BCUT2D eigenvalue weighted by Gasteiger charge is 2.59. The SMILES string of the molecule is O=C(O)[C@@H]1CCC[N+]1(C(=O)OCc1ccccc1)C(=O)c1ccccc1. The van der Waals surface area contributed by atoms with Crippen LogP contribution in [-0.2, 0) is 16.1 Å². The summed E-state index contributed by atoms with van der Waals surface area (Å²) in [6.07, 6.45) is -0.0859. The van der Waals surface area contributed by atoms with Crippen molar-refractivity contribution in [3.05, 3.63) is 71.8 Å². The predicted molar refractivity (Wildman–Crippen MR) is 93.2 cm³/mol. The van der Waals surface area contributed by atoms with Crippen molar-refractivity contribution in [3.63, 3.8) is 0 Å². The molecule has 2 aromatic rings. The number of benzene rings is 2. The van der Waals surface area contributed by atoms with E-state index in [1.807, 2.05) is 18.2 Å². The maximum absolute atomic E-state index is 13.1. The number of carbonyl (C=O) groups is 3. The van der Waals surface area contributed by atoms with Crippen LogP contribution in [0.2, 0.25) is 0 Å². The number of likely N-dealkylation sites (tertiary alicyclic amines) is 1. The number of amides is 2. The Morgan fingerprint density at radius 3 is 2.23 bits per heavy atom. The third-order valence-electron chi connectivity index (χ3n) is 4.72. The largest absolute Gasteiger partial charge is 0.524 e. The van der Waals surface area contributed by atoms with E-state index in [4.69, 9.17) is 4.74 Å². The van der Waals surface area contributed by atoms with E-state index < -0.39 is 28.5 Å². The van der Waals surface area contributed by atoms with Crippen LogP contribution in [0.4, 0.5) is 4.79 Å².